The topological polar surface area (TPSA) is 92.2 Å². The van der Waals surface area contributed by atoms with E-state index in [-0.39, 0.29) is 35.5 Å². The number of amides is 1. The first-order valence-corrected chi connectivity index (χ1v) is 7.85. The molecule has 0 radical (unpaired) electrons. The molecule has 3 aromatic rings. The second kappa shape index (κ2) is 7.10. The van der Waals surface area contributed by atoms with Crippen molar-refractivity contribution in [2.24, 2.45) is 0 Å². The van der Waals surface area contributed by atoms with E-state index in [4.69, 9.17) is 4.42 Å². The van der Waals surface area contributed by atoms with Crippen LogP contribution < -0.4 is 11.1 Å². The van der Waals surface area contributed by atoms with Gasteiger partial charge in [0.2, 0.25) is 5.91 Å². The van der Waals surface area contributed by atoms with E-state index in [0.29, 0.717) is 5.52 Å². The summed E-state index contributed by atoms with van der Waals surface area (Å²) in [6.07, 6.45) is -4.86. The Morgan fingerprint density at radius 2 is 1.85 bits per heavy atom. The van der Waals surface area contributed by atoms with Crippen LogP contribution in [0.1, 0.15) is 28.8 Å². The minimum Gasteiger partial charge on any atom is -0.408 e. The van der Waals surface area contributed by atoms with Crippen LogP contribution in [0, 0.1) is 0 Å². The summed E-state index contributed by atoms with van der Waals surface area (Å²) in [4.78, 5) is 37.6. The predicted molar refractivity (Wildman–Crippen MR) is 90.5 cm³/mol. The fourth-order valence-corrected chi connectivity index (χ4v) is 2.49. The number of hydrogen-bond donors (Lipinski definition) is 2. The standard InChI is InChI=1S/C18H13F3N2O4/c19-18(20,21)11-2-1-3-12(9-11)22-16(25)7-6-14(24)10-4-5-13-15(8-10)27-17(26)23-13/h1-5,8-9H,6-7H2,(H,22,25)(H,23,26). The van der Waals surface area contributed by atoms with Crippen LogP contribution in [0.3, 0.4) is 0 Å². The highest BCUT2D eigenvalue weighted by Crippen LogP contribution is 2.30. The number of oxazole rings is 1. The Morgan fingerprint density at radius 1 is 1.07 bits per heavy atom. The van der Waals surface area contributed by atoms with E-state index in [1.165, 1.54) is 30.3 Å². The fraction of sp³-hybridized carbons (Fsp3) is 0.167. The van der Waals surface area contributed by atoms with E-state index in [2.05, 4.69) is 10.3 Å². The molecule has 2 aromatic carbocycles. The second-order valence-corrected chi connectivity index (χ2v) is 5.78. The van der Waals surface area contributed by atoms with E-state index >= 15 is 0 Å². The maximum absolute atomic E-state index is 12.7. The molecule has 0 spiro atoms. The van der Waals surface area contributed by atoms with Crippen molar-refractivity contribution in [2.75, 3.05) is 5.32 Å². The number of anilines is 1. The normalized spacial score (nSPS) is 11.5. The van der Waals surface area contributed by atoms with Crippen molar-refractivity contribution in [1.82, 2.24) is 4.98 Å². The fourth-order valence-electron chi connectivity index (χ4n) is 2.49. The van der Waals surface area contributed by atoms with Gasteiger partial charge in [0.05, 0.1) is 11.1 Å². The molecule has 0 unspecified atom stereocenters. The summed E-state index contributed by atoms with van der Waals surface area (Å²) in [6.45, 7) is 0. The van der Waals surface area contributed by atoms with Crippen LogP contribution >= 0.6 is 0 Å². The van der Waals surface area contributed by atoms with Crippen LogP contribution in [0.2, 0.25) is 0 Å². The molecule has 1 heterocycles. The summed E-state index contributed by atoms with van der Waals surface area (Å²) in [5.74, 6) is -1.59. The highest BCUT2D eigenvalue weighted by Gasteiger charge is 2.30. The monoisotopic (exact) mass is 378 g/mol. The molecule has 0 aliphatic carbocycles. The van der Waals surface area contributed by atoms with Crippen molar-refractivity contribution in [2.45, 2.75) is 19.0 Å². The van der Waals surface area contributed by atoms with Gasteiger partial charge in [0, 0.05) is 24.1 Å². The highest BCUT2D eigenvalue weighted by atomic mass is 19.4. The number of ketones is 1. The number of aromatic amines is 1. The molecule has 0 aliphatic heterocycles. The number of H-pyrrole nitrogens is 1. The molecular weight excluding hydrogens is 365 g/mol. The molecule has 0 saturated heterocycles. The zero-order chi connectivity index (χ0) is 19.6. The maximum atomic E-state index is 12.7. The van der Waals surface area contributed by atoms with Crippen molar-refractivity contribution in [3.05, 3.63) is 64.1 Å². The summed E-state index contributed by atoms with van der Waals surface area (Å²) >= 11 is 0. The van der Waals surface area contributed by atoms with Gasteiger partial charge in [-0.05, 0) is 36.4 Å². The van der Waals surface area contributed by atoms with Crippen LogP contribution in [0.4, 0.5) is 18.9 Å². The average molecular weight is 378 g/mol. The molecule has 0 aliphatic rings. The first kappa shape index (κ1) is 18.4. The van der Waals surface area contributed by atoms with Crippen molar-refractivity contribution >= 4 is 28.5 Å². The first-order chi connectivity index (χ1) is 12.7. The molecule has 0 saturated carbocycles. The quantitative estimate of drug-likeness (QED) is 0.662. The molecule has 9 heteroatoms. The Kier molecular flexibility index (Phi) is 4.85. The van der Waals surface area contributed by atoms with Crippen molar-refractivity contribution in [3.63, 3.8) is 0 Å². The van der Waals surface area contributed by atoms with Gasteiger partial charge in [0.25, 0.3) is 0 Å². The number of alkyl halides is 3. The SMILES string of the molecule is O=C(CCC(=O)c1ccc2[nH]c(=O)oc2c1)Nc1cccc(C(F)(F)F)c1. The molecule has 140 valence electrons. The van der Waals surface area contributed by atoms with E-state index in [1.807, 2.05) is 0 Å². The van der Waals surface area contributed by atoms with E-state index in [9.17, 15) is 27.6 Å². The maximum Gasteiger partial charge on any atom is 0.417 e. The largest absolute Gasteiger partial charge is 0.417 e. The average Bonchev–Trinajstić information content (AvgIpc) is 2.98. The molecule has 1 aromatic heterocycles. The number of nitrogens with one attached hydrogen (secondary N) is 2. The number of hydrogen-bond acceptors (Lipinski definition) is 4. The van der Waals surface area contributed by atoms with Crippen LogP contribution in [0.5, 0.6) is 0 Å². The number of Topliss-reactive ketones (excluding diaryl/α,β-unsaturated/α-hetero) is 1. The van der Waals surface area contributed by atoms with Gasteiger partial charge in [-0.2, -0.15) is 13.2 Å². The molecular formula is C18H13F3N2O4. The molecule has 1 amide bonds. The Bertz CT molecular complexity index is 1070. The van der Waals surface area contributed by atoms with Gasteiger partial charge in [-0.15, -0.1) is 0 Å². The molecule has 27 heavy (non-hydrogen) atoms. The third-order valence-corrected chi connectivity index (χ3v) is 3.80. The smallest absolute Gasteiger partial charge is 0.408 e. The van der Waals surface area contributed by atoms with Crippen molar-refractivity contribution in [3.8, 4) is 0 Å². The Balaban J connectivity index is 1.61. The second-order valence-electron chi connectivity index (χ2n) is 5.78. The van der Waals surface area contributed by atoms with E-state index < -0.39 is 23.4 Å². The van der Waals surface area contributed by atoms with Crippen LogP contribution in [0.25, 0.3) is 11.1 Å². The number of halogens is 3. The zero-order valence-electron chi connectivity index (χ0n) is 13.7. The van der Waals surface area contributed by atoms with Crippen LogP contribution in [0.15, 0.2) is 51.7 Å². The minimum absolute atomic E-state index is 0.00204. The highest BCUT2D eigenvalue weighted by molar-refractivity contribution is 6.01. The Hall–Kier alpha value is -3.36. The Labute approximate surface area is 150 Å². The Morgan fingerprint density at radius 3 is 2.59 bits per heavy atom. The van der Waals surface area contributed by atoms with Crippen LogP contribution in [-0.2, 0) is 11.0 Å². The summed E-state index contributed by atoms with van der Waals surface area (Å²) in [5, 5.41) is 2.34. The van der Waals surface area contributed by atoms with Crippen molar-refractivity contribution in [1.29, 1.82) is 0 Å². The van der Waals surface area contributed by atoms with Crippen LogP contribution in [-0.4, -0.2) is 16.7 Å². The predicted octanol–water partition coefficient (Wildman–Crippen LogP) is 3.74. The van der Waals surface area contributed by atoms with Gasteiger partial charge < -0.3 is 9.73 Å². The van der Waals surface area contributed by atoms with Gasteiger partial charge in [-0.3, -0.25) is 14.6 Å². The number of aromatic nitrogens is 1. The first-order valence-electron chi connectivity index (χ1n) is 7.85. The zero-order valence-corrected chi connectivity index (χ0v) is 13.7. The number of benzene rings is 2. The molecule has 0 bridgehead atoms. The minimum atomic E-state index is -4.51. The lowest BCUT2D eigenvalue weighted by Crippen LogP contribution is -2.14. The van der Waals surface area contributed by atoms with Gasteiger partial charge in [-0.1, -0.05) is 6.07 Å². The van der Waals surface area contributed by atoms with Gasteiger partial charge >= 0.3 is 11.9 Å². The van der Waals surface area contributed by atoms with E-state index in [0.717, 1.165) is 12.1 Å². The lowest BCUT2D eigenvalue weighted by atomic mass is 10.1. The van der Waals surface area contributed by atoms with Gasteiger partial charge in [-0.25, -0.2) is 4.79 Å². The number of carbonyl (C=O) groups is 2. The molecule has 3 rings (SSSR count). The third kappa shape index (κ3) is 4.43. The summed E-state index contributed by atoms with van der Waals surface area (Å²) in [5.41, 5.74) is 0.0469. The molecule has 2 N–H and O–H groups in total. The molecule has 0 fully saturated rings. The van der Waals surface area contributed by atoms with E-state index in [1.54, 1.807) is 0 Å². The molecule has 0 atom stereocenters. The van der Waals surface area contributed by atoms with Gasteiger partial charge in [0.1, 0.15) is 0 Å². The van der Waals surface area contributed by atoms with Crippen molar-refractivity contribution < 1.29 is 27.2 Å². The summed E-state index contributed by atoms with van der Waals surface area (Å²) in [6, 6.07) is 8.62. The summed E-state index contributed by atoms with van der Waals surface area (Å²) in [7, 11) is 0. The third-order valence-electron chi connectivity index (χ3n) is 3.80. The number of carbonyl (C=O) groups excluding carboxylic acids is 2. The van der Waals surface area contributed by atoms with Gasteiger partial charge in [0.15, 0.2) is 11.4 Å². The summed E-state index contributed by atoms with van der Waals surface area (Å²) < 4.78 is 42.9. The lowest BCUT2D eigenvalue weighted by molar-refractivity contribution is -0.137. The number of fused-ring (bicyclic) bond motifs is 1. The molecule has 6 nitrogen and oxygen atoms in total. The number of rotatable bonds is 5. The lowest BCUT2D eigenvalue weighted by Gasteiger charge is -2.09.